The molecule has 0 aliphatic carbocycles. The molecule has 32 heavy (non-hydrogen) atoms. The molecule has 3 amide bonds. The van der Waals surface area contributed by atoms with E-state index in [9.17, 15) is 14.4 Å². The van der Waals surface area contributed by atoms with Gasteiger partial charge in [0.1, 0.15) is 5.69 Å². The monoisotopic (exact) mass is 430 g/mol. The van der Waals surface area contributed by atoms with Crippen LogP contribution in [0.4, 0.5) is 5.69 Å². The third kappa shape index (κ3) is 5.99. The Kier molecular flexibility index (Phi) is 7.26. The van der Waals surface area contributed by atoms with Gasteiger partial charge in [0.25, 0.3) is 11.8 Å². The predicted molar refractivity (Wildman–Crippen MR) is 121 cm³/mol. The van der Waals surface area contributed by atoms with E-state index in [1.54, 1.807) is 54.7 Å². The molecule has 0 aliphatic rings. The number of aromatic nitrogens is 3. The third-order valence-corrected chi connectivity index (χ3v) is 4.36. The second-order valence-electron chi connectivity index (χ2n) is 6.71. The van der Waals surface area contributed by atoms with Crippen LogP contribution in [0.3, 0.4) is 0 Å². The molecular weight excluding hydrogens is 408 g/mol. The summed E-state index contributed by atoms with van der Waals surface area (Å²) in [5, 5.41) is 14.7. The van der Waals surface area contributed by atoms with Crippen LogP contribution in [0, 0.1) is 0 Å². The van der Waals surface area contributed by atoms with Crippen LogP contribution in [0.5, 0.6) is 0 Å². The first-order valence-electron chi connectivity index (χ1n) is 9.74. The van der Waals surface area contributed by atoms with Crippen LogP contribution in [0.2, 0.25) is 0 Å². The van der Waals surface area contributed by atoms with Crippen LogP contribution >= 0.6 is 0 Å². The fourth-order valence-electron chi connectivity index (χ4n) is 2.73. The number of anilines is 1. The molecule has 3 aromatic rings. The lowest BCUT2D eigenvalue weighted by Crippen LogP contribution is -2.27. The van der Waals surface area contributed by atoms with Gasteiger partial charge in [-0.2, -0.15) is 5.10 Å². The van der Waals surface area contributed by atoms with Crippen molar-refractivity contribution in [2.45, 2.75) is 6.42 Å². The molecule has 2 aromatic heterocycles. The fourth-order valence-corrected chi connectivity index (χ4v) is 2.73. The number of nitrogens with zero attached hydrogens (tertiary/aromatic N) is 2. The Morgan fingerprint density at radius 1 is 1.03 bits per heavy atom. The van der Waals surface area contributed by atoms with Crippen molar-refractivity contribution in [1.82, 2.24) is 25.8 Å². The Balaban J connectivity index is 1.53. The predicted octanol–water partition coefficient (Wildman–Crippen LogP) is 2.66. The molecule has 3 rings (SSSR count). The highest BCUT2D eigenvalue weighted by molar-refractivity contribution is 6.03. The highest BCUT2D eigenvalue weighted by Gasteiger charge is 2.11. The molecule has 2 heterocycles. The average molecular weight is 430 g/mol. The number of hydrogen-bond donors (Lipinski definition) is 4. The summed E-state index contributed by atoms with van der Waals surface area (Å²) in [5.41, 5.74) is 3.01. The molecule has 9 heteroatoms. The van der Waals surface area contributed by atoms with Crippen LogP contribution in [0.25, 0.3) is 11.4 Å². The number of rotatable bonds is 9. The zero-order chi connectivity index (χ0) is 22.9. The largest absolute Gasteiger partial charge is 0.352 e. The lowest BCUT2D eigenvalue weighted by molar-refractivity contribution is -0.115. The minimum Gasteiger partial charge on any atom is -0.352 e. The van der Waals surface area contributed by atoms with Crippen molar-refractivity contribution in [2.75, 3.05) is 11.9 Å². The highest BCUT2D eigenvalue weighted by atomic mass is 16.2. The number of aromatic amines is 1. The molecule has 0 bridgehead atoms. The van der Waals surface area contributed by atoms with Gasteiger partial charge in [-0.15, -0.1) is 0 Å². The van der Waals surface area contributed by atoms with Gasteiger partial charge in [0.05, 0.1) is 11.4 Å². The number of carbonyl (C=O) groups is 3. The van der Waals surface area contributed by atoms with Crippen LogP contribution in [-0.4, -0.2) is 39.4 Å². The van der Waals surface area contributed by atoms with Gasteiger partial charge >= 0.3 is 0 Å². The Morgan fingerprint density at radius 2 is 1.81 bits per heavy atom. The summed E-state index contributed by atoms with van der Waals surface area (Å²) in [4.78, 5) is 40.3. The minimum absolute atomic E-state index is 0.252. The molecule has 9 nitrogen and oxygen atoms in total. The maximum absolute atomic E-state index is 12.5. The maximum atomic E-state index is 12.5. The van der Waals surface area contributed by atoms with Crippen molar-refractivity contribution in [3.8, 4) is 11.4 Å². The van der Waals surface area contributed by atoms with Crippen molar-refractivity contribution in [3.05, 3.63) is 90.9 Å². The zero-order valence-electron chi connectivity index (χ0n) is 17.2. The van der Waals surface area contributed by atoms with Crippen LogP contribution in [0.15, 0.2) is 79.7 Å². The summed E-state index contributed by atoms with van der Waals surface area (Å²) in [7, 11) is 0. The van der Waals surface area contributed by atoms with Crippen molar-refractivity contribution in [3.63, 3.8) is 0 Å². The number of benzene rings is 1. The maximum Gasteiger partial charge on any atom is 0.274 e. The molecule has 0 fully saturated rings. The van der Waals surface area contributed by atoms with E-state index < -0.39 is 0 Å². The normalized spacial score (nSPS) is 10.1. The molecule has 0 spiro atoms. The van der Waals surface area contributed by atoms with Crippen LogP contribution < -0.4 is 16.0 Å². The Bertz CT molecular complexity index is 1140. The fraction of sp³-hybridized carbons (Fsp3) is 0.0870. The Labute approximate surface area is 184 Å². The summed E-state index contributed by atoms with van der Waals surface area (Å²) in [6, 6.07) is 13.4. The van der Waals surface area contributed by atoms with Crippen molar-refractivity contribution in [2.24, 2.45) is 0 Å². The molecule has 162 valence electrons. The van der Waals surface area contributed by atoms with Crippen molar-refractivity contribution < 1.29 is 14.4 Å². The number of amides is 3. The van der Waals surface area contributed by atoms with Gasteiger partial charge in [-0.05, 0) is 48.5 Å². The second kappa shape index (κ2) is 10.5. The number of nitrogens with one attached hydrogen (secondary N) is 4. The quantitative estimate of drug-likeness (QED) is 0.388. The summed E-state index contributed by atoms with van der Waals surface area (Å²) in [6.45, 7) is 7.39. The van der Waals surface area contributed by atoms with Gasteiger partial charge in [0.15, 0.2) is 0 Å². The van der Waals surface area contributed by atoms with E-state index in [1.165, 1.54) is 0 Å². The molecule has 0 unspecified atom stereocenters. The van der Waals surface area contributed by atoms with Crippen LogP contribution in [0.1, 0.15) is 27.3 Å². The lowest BCUT2D eigenvalue weighted by Gasteiger charge is -2.09. The molecule has 0 radical (unpaired) electrons. The third-order valence-electron chi connectivity index (χ3n) is 4.36. The van der Waals surface area contributed by atoms with Gasteiger partial charge in [0.2, 0.25) is 5.91 Å². The summed E-state index contributed by atoms with van der Waals surface area (Å²) in [5.74, 6) is -0.995. The van der Waals surface area contributed by atoms with Gasteiger partial charge in [-0.25, -0.2) is 4.98 Å². The first-order valence-corrected chi connectivity index (χ1v) is 9.74. The lowest BCUT2D eigenvalue weighted by atomic mass is 10.2. The molecule has 0 saturated heterocycles. The summed E-state index contributed by atoms with van der Waals surface area (Å²) < 4.78 is 0. The Hall–Kier alpha value is -4.53. The Morgan fingerprint density at radius 3 is 2.50 bits per heavy atom. The first kappa shape index (κ1) is 22.2. The summed E-state index contributed by atoms with van der Waals surface area (Å²) in [6.07, 6.45) is 3.15. The standard InChI is InChI=1S/C23H22N6O3/c1-3-21(30)26-15(2)11-13-24-22(31)16-7-9-17(10-8-16)27-23(32)20-6-4-5-18(28-20)19-12-14-25-29-19/h3-10,12,14H,1-2,11,13H2,(H,24,31)(H,25,29)(H,26,30)(H,27,32). The molecule has 1 aromatic carbocycles. The van der Waals surface area contributed by atoms with E-state index in [1.807, 2.05) is 0 Å². The smallest absolute Gasteiger partial charge is 0.274 e. The topological polar surface area (TPSA) is 129 Å². The van der Waals surface area contributed by atoms with Gasteiger partial charge < -0.3 is 16.0 Å². The average Bonchev–Trinajstić information content (AvgIpc) is 3.34. The van der Waals surface area contributed by atoms with Crippen molar-refractivity contribution >= 4 is 23.4 Å². The second-order valence-corrected chi connectivity index (χ2v) is 6.71. The number of H-pyrrole nitrogens is 1. The van der Waals surface area contributed by atoms with E-state index in [0.717, 1.165) is 6.08 Å². The van der Waals surface area contributed by atoms with E-state index >= 15 is 0 Å². The highest BCUT2D eigenvalue weighted by Crippen LogP contribution is 2.15. The zero-order valence-corrected chi connectivity index (χ0v) is 17.2. The number of carbonyl (C=O) groups excluding carboxylic acids is 3. The molecular formula is C23H22N6O3. The van der Waals surface area contributed by atoms with E-state index in [0.29, 0.717) is 41.3 Å². The van der Waals surface area contributed by atoms with Crippen LogP contribution in [-0.2, 0) is 4.79 Å². The van der Waals surface area contributed by atoms with Gasteiger partial charge in [-0.3, -0.25) is 19.5 Å². The van der Waals surface area contributed by atoms with Gasteiger partial charge in [-0.1, -0.05) is 19.2 Å². The SMILES string of the molecule is C=CC(=O)NC(=C)CCNC(=O)c1ccc(NC(=O)c2cccc(-c3ccn[nH]3)n2)cc1. The molecule has 4 N–H and O–H groups in total. The van der Waals surface area contributed by atoms with E-state index in [2.05, 4.69) is 44.3 Å². The van der Waals surface area contributed by atoms with E-state index in [4.69, 9.17) is 0 Å². The van der Waals surface area contributed by atoms with Gasteiger partial charge in [0, 0.05) is 36.1 Å². The molecule has 0 atom stereocenters. The number of pyridine rings is 1. The van der Waals surface area contributed by atoms with Crippen molar-refractivity contribution in [1.29, 1.82) is 0 Å². The number of hydrogen-bond acceptors (Lipinski definition) is 5. The summed E-state index contributed by atoms with van der Waals surface area (Å²) >= 11 is 0. The molecule has 0 aliphatic heterocycles. The molecule has 0 saturated carbocycles. The minimum atomic E-state index is -0.372. The van der Waals surface area contributed by atoms with E-state index in [-0.39, 0.29) is 23.4 Å². The first-order chi connectivity index (χ1) is 15.5.